The maximum Gasteiger partial charge on any atom is 0.298 e. The standard InChI is InChI=1S/C18H15N3O3S/c22-17(15-12-23-9-10-24-15)21(11-13-5-3-4-8-19-13)18-20-14-6-1-2-7-16(14)25-18/h1-8,12H,9-11H2. The van der Waals surface area contributed by atoms with Crippen LogP contribution in [0.2, 0.25) is 0 Å². The Labute approximate surface area is 148 Å². The van der Waals surface area contributed by atoms with E-state index >= 15 is 0 Å². The second-order valence-corrected chi connectivity index (χ2v) is 6.39. The number of nitrogens with zero attached hydrogens (tertiary/aromatic N) is 3. The molecular weight excluding hydrogens is 338 g/mol. The fourth-order valence-corrected chi connectivity index (χ4v) is 3.43. The van der Waals surface area contributed by atoms with Gasteiger partial charge in [-0.2, -0.15) is 0 Å². The van der Waals surface area contributed by atoms with Gasteiger partial charge in [0.05, 0.1) is 22.5 Å². The molecule has 126 valence electrons. The molecular formula is C18H15N3O3S. The number of pyridine rings is 1. The van der Waals surface area contributed by atoms with Crippen LogP contribution >= 0.6 is 11.3 Å². The minimum atomic E-state index is -0.288. The van der Waals surface area contributed by atoms with E-state index in [4.69, 9.17) is 9.47 Å². The van der Waals surface area contributed by atoms with E-state index in [2.05, 4.69) is 9.97 Å². The summed E-state index contributed by atoms with van der Waals surface area (Å²) in [6.45, 7) is 1.10. The molecule has 0 saturated carbocycles. The van der Waals surface area contributed by atoms with Gasteiger partial charge in [-0.25, -0.2) is 4.98 Å². The van der Waals surface area contributed by atoms with Crippen LogP contribution in [0.25, 0.3) is 10.2 Å². The van der Waals surface area contributed by atoms with Gasteiger partial charge in [0, 0.05) is 6.20 Å². The third kappa shape index (κ3) is 3.32. The Hall–Kier alpha value is -2.93. The molecule has 25 heavy (non-hydrogen) atoms. The Bertz CT molecular complexity index is 890. The number of amides is 1. The molecule has 1 amide bonds. The Morgan fingerprint density at radius 2 is 2.04 bits per heavy atom. The predicted octanol–water partition coefficient (Wildman–Crippen LogP) is 3.11. The van der Waals surface area contributed by atoms with E-state index in [-0.39, 0.29) is 11.7 Å². The lowest BCUT2D eigenvalue weighted by Crippen LogP contribution is -2.34. The maximum absolute atomic E-state index is 13.0. The van der Waals surface area contributed by atoms with E-state index in [0.717, 1.165) is 15.9 Å². The zero-order chi connectivity index (χ0) is 17.1. The Morgan fingerprint density at radius 3 is 2.80 bits per heavy atom. The van der Waals surface area contributed by atoms with Crippen LogP contribution in [0.5, 0.6) is 0 Å². The molecule has 0 unspecified atom stereocenters. The lowest BCUT2D eigenvalue weighted by Gasteiger charge is -2.22. The number of benzene rings is 1. The first-order valence-corrected chi connectivity index (χ1v) is 8.65. The van der Waals surface area contributed by atoms with Gasteiger partial charge in [-0.1, -0.05) is 29.5 Å². The summed E-state index contributed by atoms with van der Waals surface area (Å²) in [5, 5.41) is 0.604. The summed E-state index contributed by atoms with van der Waals surface area (Å²) in [5.41, 5.74) is 1.63. The molecule has 3 aromatic rings. The molecule has 0 radical (unpaired) electrons. The smallest absolute Gasteiger partial charge is 0.298 e. The highest BCUT2D eigenvalue weighted by molar-refractivity contribution is 7.22. The number of carbonyl (C=O) groups is 1. The highest BCUT2D eigenvalue weighted by Gasteiger charge is 2.26. The molecule has 0 fully saturated rings. The average molecular weight is 353 g/mol. The van der Waals surface area contributed by atoms with Crippen molar-refractivity contribution in [1.82, 2.24) is 9.97 Å². The van der Waals surface area contributed by atoms with E-state index in [1.54, 1.807) is 11.1 Å². The summed E-state index contributed by atoms with van der Waals surface area (Å²) >= 11 is 1.46. The minimum Gasteiger partial charge on any atom is -0.494 e. The second kappa shape index (κ2) is 6.90. The molecule has 3 heterocycles. The van der Waals surface area contributed by atoms with E-state index in [1.165, 1.54) is 17.6 Å². The van der Waals surface area contributed by atoms with Gasteiger partial charge in [0.25, 0.3) is 5.91 Å². The summed E-state index contributed by atoms with van der Waals surface area (Å²) in [7, 11) is 0. The van der Waals surface area contributed by atoms with E-state index < -0.39 is 0 Å². The van der Waals surface area contributed by atoms with Gasteiger partial charge in [-0.05, 0) is 24.3 Å². The number of hydrogen-bond acceptors (Lipinski definition) is 6. The van der Waals surface area contributed by atoms with Crippen LogP contribution in [0.3, 0.4) is 0 Å². The zero-order valence-electron chi connectivity index (χ0n) is 13.3. The molecule has 1 aliphatic heterocycles. The highest BCUT2D eigenvalue weighted by atomic mass is 32.1. The van der Waals surface area contributed by atoms with Crippen molar-refractivity contribution < 1.29 is 14.3 Å². The van der Waals surface area contributed by atoms with Crippen LogP contribution in [0, 0.1) is 0 Å². The van der Waals surface area contributed by atoms with Gasteiger partial charge in [0.1, 0.15) is 19.5 Å². The normalized spacial score (nSPS) is 13.7. The second-order valence-electron chi connectivity index (χ2n) is 5.38. The SMILES string of the molecule is O=C(C1=COCCO1)N(Cc1ccccn1)c1nc2ccccc2s1. The summed E-state index contributed by atoms with van der Waals surface area (Å²) in [6, 6.07) is 13.4. The molecule has 4 rings (SSSR count). The van der Waals surface area contributed by atoms with Crippen LogP contribution in [0.4, 0.5) is 5.13 Å². The van der Waals surface area contributed by atoms with Crippen molar-refractivity contribution in [3.63, 3.8) is 0 Å². The number of carbonyl (C=O) groups excluding carboxylic acids is 1. The number of thiazole rings is 1. The van der Waals surface area contributed by atoms with Crippen LogP contribution in [-0.2, 0) is 20.8 Å². The zero-order valence-corrected chi connectivity index (χ0v) is 14.1. The predicted molar refractivity (Wildman–Crippen MR) is 95.0 cm³/mol. The van der Waals surface area contributed by atoms with Crippen LogP contribution in [0.15, 0.2) is 60.7 Å². The number of hydrogen-bond donors (Lipinski definition) is 0. The number of ether oxygens (including phenoxy) is 2. The Morgan fingerprint density at radius 1 is 1.16 bits per heavy atom. The molecule has 0 atom stereocenters. The average Bonchev–Trinajstić information content (AvgIpc) is 3.11. The molecule has 7 heteroatoms. The number of para-hydroxylation sites is 1. The van der Waals surface area contributed by atoms with Gasteiger partial charge in [-0.15, -0.1) is 0 Å². The Balaban J connectivity index is 1.72. The van der Waals surface area contributed by atoms with Crippen molar-refractivity contribution in [2.24, 2.45) is 0 Å². The van der Waals surface area contributed by atoms with Gasteiger partial charge < -0.3 is 9.47 Å². The number of anilines is 1. The van der Waals surface area contributed by atoms with Gasteiger partial charge in [0.15, 0.2) is 5.13 Å². The van der Waals surface area contributed by atoms with Crippen LogP contribution in [0.1, 0.15) is 5.69 Å². The van der Waals surface area contributed by atoms with Crippen molar-refractivity contribution in [3.05, 3.63) is 66.4 Å². The molecule has 6 nitrogen and oxygen atoms in total. The fraction of sp³-hybridized carbons (Fsp3) is 0.167. The van der Waals surface area contributed by atoms with Crippen molar-refractivity contribution >= 4 is 32.6 Å². The van der Waals surface area contributed by atoms with Gasteiger partial charge >= 0.3 is 0 Å². The fourth-order valence-electron chi connectivity index (χ4n) is 2.47. The number of fused-ring (bicyclic) bond motifs is 1. The van der Waals surface area contributed by atoms with Crippen LogP contribution in [-0.4, -0.2) is 29.1 Å². The van der Waals surface area contributed by atoms with E-state index in [9.17, 15) is 4.79 Å². The highest BCUT2D eigenvalue weighted by Crippen LogP contribution is 2.30. The van der Waals surface area contributed by atoms with Crippen molar-refractivity contribution in [3.8, 4) is 0 Å². The molecule has 0 aliphatic carbocycles. The first kappa shape index (κ1) is 15.6. The molecule has 0 saturated heterocycles. The monoisotopic (exact) mass is 353 g/mol. The van der Waals surface area contributed by atoms with Crippen molar-refractivity contribution in [1.29, 1.82) is 0 Å². The van der Waals surface area contributed by atoms with Gasteiger partial charge in [0.2, 0.25) is 5.76 Å². The summed E-state index contributed by atoms with van der Waals surface area (Å²) in [6.07, 6.45) is 3.07. The third-order valence-corrected chi connectivity index (χ3v) is 4.72. The summed E-state index contributed by atoms with van der Waals surface area (Å²) in [5.74, 6) is -0.106. The molecule has 0 spiro atoms. The molecule has 1 aliphatic rings. The Kier molecular flexibility index (Phi) is 4.30. The lowest BCUT2D eigenvalue weighted by atomic mass is 10.3. The lowest BCUT2D eigenvalue weighted by molar-refractivity contribution is -0.120. The quantitative estimate of drug-likeness (QED) is 0.721. The third-order valence-electron chi connectivity index (χ3n) is 3.66. The molecule has 1 aromatic carbocycles. The largest absolute Gasteiger partial charge is 0.494 e. The summed E-state index contributed by atoms with van der Waals surface area (Å²) in [4.78, 5) is 23.5. The van der Waals surface area contributed by atoms with Crippen molar-refractivity contribution in [2.45, 2.75) is 6.54 Å². The van der Waals surface area contributed by atoms with Crippen molar-refractivity contribution in [2.75, 3.05) is 18.1 Å². The maximum atomic E-state index is 13.0. The van der Waals surface area contributed by atoms with E-state index in [0.29, 0.717) is 24.9 Å². The summed E-state index contributed by atoms with van der Waals surface area (Å²) < 4.78 is 11.7. The first-order valence-electron chi connectivity index (χ1n) is 7.83. The molecule has 2 aromatic heterocycles. The van der Waals surface area contributed by atoms with E-state index in [1.807, 2.05) is 42.5 Å². The number of aromatic nitrogens is 2. The topological polar surface area (TPSA) is 64.6 Å². The number of rotatable bonds is 4. The molecule has 0 bridgehead atoms. The first-order chi connectivity index (χ1) is 12.3. The minimum absolute atomic E-state index is 0.182. The molecule has 0 N–H and O–H groups in total. The van der Waals surface area contributed by atoms with Gasteiger partial charge in [-0.3, -0.25) is 14.7 Å². The van der Waals surface area contributed by atoms with Crippen LogP contribution < -0.4 is 4.90 Å².